The Morgan fingerprint density at radius 2 is 2.10 bits per heavy atom. The van der Waals surface area contributed by atoms with Gasteiger partial charge in [0, 0.05) is 12.2 Å². The predicted octanol–water partition coefficient (Wildman–Crippen LogP) is 3.24. The highest BCUT2D eigenvalue weighted by Crippen LogP contribution is 2.27. The molecule has 0 unspecified atom stereocenters. The fourth-order valence-electron chi connectivity index (χ4n) is 2.46. The highest BCUT2D eigenvalue weighted by atomic mass is 79.9. The Morgan fingerprint density at radius 1 is 1.33 bits per heavy atom. The van der Waals surface area contributed by atoms with Gasteiger partial charge in [-0.1, -0.05) is 0 Å². The summed E-state index contributed by atoms with van der Waals surface area (Å²) in [5.41, 5.74) is 2.28. The molecule has 2 aromatic rings. The topological polar surface area (TPSA) is 56.1 Å². The molecular formula is C15H16BrN3O2. The van der Waals surface area contributed by atoms with Crippen LogP contribution >= 0.6 is 15.9 Å². The molecule has 0 saturated heterocycles. The van der Waals surface area contributed by atoms with Crippen LogP contribution in [0.5, 0.6) is 5.75 Å². The van der Waals surface area contributed by atoms with E-state index in [1.807, 2.05) is 16.8 Å². The Kier molecular flexibility index (Phi) is 3.96. The van der Waals surface area contributed by atoms with Gasteiger partial charge in [-0.05, 0) is 59.5 Å². The van der Waals surface area contributed by atoms with Gasteiger partial charge in [0.05, 0.1) is 17.3 Å². The Labute approximate surface area is 131 Å². The number of halogens is 1. The number of benzene rings is 1. The average molecular weight is 350 g/mol. The summed E-state index contributed by atoms with van der Waals surface area (Å²) in [4.78, 5) is 12.4. The van der Waals surface area contributed by atoms with E-state index in [9.17, 15) is 4.79 Å². The van der Waals surface area contributed by atoms with Crippen LogP contribution in [0, 0.1) is 0 Å². The first-order chi connectivity index (χ1) is 10.2. The number of nitrogens with one attached hydrogen (secondary N) is 1. The second-order valence-corrected chi connectivity index (χ2v) is 5.77. The smallest absolute Gasteiger partial charge is 0.277 e. The number of fused-ring (bicyclic) bond motifs is 1. The number of rotatable bonds is 3. The second kappa shape index (κ2) is 5.89. The van der Waals surface area contributed by atoms with E-state index < -0.39 is 0 Å². The summed E-state index contributed by atoms with van der Waals surface area (Å²) in [6, 6.07) is 7.23. The number of amides is 1. The molecule has 1 aliphatic rings. The third-order valence-electron chi connectivity index (χ3n) is 3.59. The maximum atomic E-state index is 12.4. The minimum Gasteiger partial charge on any atom is -0.497 e. The molecule has 3 rings (SSSR count). The Hall–Kier alpha value is -1.82. The molecule has 1 N–H and O–H groups in total. The van der Waals surface area contributed by atoms with Gasteiger partial charge >= 0.3 is 0 Å². The van der Waals surface area contributed by atoms with Crippen LogP contribution in [0.3, 0.4) is 0 Å². The van der Waals surface area contributed by atoms with Crippen molar-refractivity contribution in [3.63, 3.8) is 0 Å². The molecule has 0 spiro atoms. The summed E-state index contributed by atoms with van der Waals surface area (Å²) in [7, 11) is 1.61. The summed E-state index contributed by atoms with van der Waals surface area (Å²) in [5.74, 6) is 0.556. The number of hydrogen-bond acceptors (Lipinski definition) is 3. The van der Waals surface area contributed by atoms with Crippen LogP contribution in [0.2, 0.25) is 0 Å². The maximum Gasteiger partial charge on any atom is 0.277 e. The number of aryl methyl sites for hydroxylation is 1. The average Bonchev–Trinajstić information content (AvgIpc) is 2.86. The van der Waals surface area contributed by atoms with Crippen LogP contribution in [0.4, 0.5) is 5.69 Å². The molecule has 0 atom stereocenters. The summed E-state index contributed by atoms with van der Waals surface area (Å²) in [5, 5.41) is 7.27. The van der Waals surface area contributed by atoms with E-state index in [1.54, 1.807) is 19.2 Å². The van der Waals surface area contributed by atoms with Crippen LogP contribution < -0.4 is 10.1 Å². The van der Waals surface area contributed by atoms with Gasteiger partial charge in [0.1, 0.15) is 5.75 Å². The number of hydrogen-bond donors (Lipinski definition) is 1. The molecular weight excluding hydrogens is 334 g/mol. The van der Waals surface area contributed by atoms with Crippen LogP contribution in [0.15, 0.2) is 28.7 Å². The quantitative estimate of drug-likeness (QED) is 0.925. The lowest BCUT2D eigenvalue weighted by atomic mass is 10.1. The highest BCUT2D eigenvalue weighted by Gasteiger charge is 2.22. The van der Waals surface area contributed by atoms with Gasteiger partial charge in [-0.15, -0.1) is 0 Å². The van der Waals surface area contributed by atoms with Crippen molar-refractivity contribution >= 4 is 27.5 Å². The lowest BCUT2D eigenvalue weighted by molar-refractivity contribution is 0.102. The number of methoxy groups -OCH3 is 1. The van der Waals surface area contributed by atoms with Crippen LogP contribution in [-0.4, -0.2) is 22.8 Å². The minimum absolute atomic E-state index is 0.200. The van der Waals surface area contributed by atoms with Crippen molar-refractivity contribution in [2.75, 3.05) is 12.4 Å². The third kappa shape index (κ3) is 2.81. The maximum absolute atomic E-state index is 12.4. The highest BCUT2D eigenvalue weighted by molar-refractivity contribution is 9.10. The first-order valence-corrected chi connectivity index (χ1v) is 7.69. The molecule has 0 saturated carbocycles. The van der Waals surface area contributed by atoms with Crippen molar-refractivity contribution in [2.24, 2.45) is 0 Å². The van der Waals surface area contributed by atoms with E-state index in [-0.39, 0.29) is 5.91 Å². The fraction of sp³-hybridized carbons (Fsp3) is 0.333. The lowest BCUT2D eigenvalue weighted by Crippen LogP contribution is -2.14. The van der Waals surface area contributed by atoms with Gasteiger partial charge in [-0.3, -0.25) is 9.48 Å². The summed E-state index contributed by atoms with van der Waals surface area (Å²) < 4.78 is 7.84. The number of carbonyl (C=O) groups is 1. The Balaban J connectivity index is 1.80. The van der Waals surface area contributed by atoms with Crippen molar-refractivity contribution in [1.29, 1.82) is 0 Å². The van der Waals surface area contributed by atoms with E-state index in [1.165, 1.54) is 0 Å². The fourth-order valence-corrected chi connectivity index (χ4v) is 3.12. The van der Waals surface area contributed by atoms with Gasteiger partial charge in [0.25, 0.3) is 5.91 Å². The zero-order chi connectivity index (χ0) is 14.8. The molecule has 1 aliphatic heterocycles. The van der Waals surface area contributed by atoms with Crippen LogP contribution in [-0.2, 0) is 13.0 Å². The van der Waals surface area contributed by atoms with E-state index >= 15 is 0 Å². The Morgan fingerprint density at radius 3 is 2.76 bits per heavy atom. The first kappa shape index (κ1) is 14.1. The van der Waals surface area contributed by atoms with Crippen LogP contribution in [0.25, 0.3) is 0 Å². The lowest BCUT2D eigenvalue weighted by Gasteiger charge is -2.12. The zero-order valence-electron chi connectivity index (χ0n) is 11.7. The molecule has 0 fully saturated rings. The largest absolute Gasteiger partial charge is 0.497 e. The summed E-state index contributed by atoms with van der Waals surface area (Å²) in [6.07, 6.45) is 3.22. The normalized spacial score (nSPS) is 13.6. The first-order valence-electron chi connectivity index (χ1n) is 6.89. The molecule has 1 aromatic carbocycles. The van der Waals surface area contributed by atoms with Crippen molar-refractivity contribution in [2.45, 2.75) is 25.8 Å². The van der Waals surface area contributed by atoms with E-state index in [2.05, 4.69) is 26.3 Å². The third-order valence-corrected chi connectivity index (χ3v) is 4.42. The second-order valence-electron chi connectivity index (χ2n) is 4.97. The zero-order valence-corrected chi connectivity index (χ0v) is 13.3. The van der Waals surface area contributed by atoms with Gasteiger partial charge in [-0.25, -0.2) is 0 Å². The number of anilines is 1. The SMILES string of the molecule is COc1ccc(NC(=O)c2nn3c(c2Br)CCCC3)cc1. The number of carbonyl (C=O) groups excluding carboxylic acids is 1. The van der Waals surface area contributed by atoms with Crippen LogP contribution in [0.1, 0.15) is 29.0 Å². The van der Waals surface area contributed by atoms with Crippen molar-refractivity contribution in [1.82, 2.24) is 9.78 Å². The van der Waals surface area contributed by atoms with E-state index in [4.69, 9.17) is 4.74 Å². The molecule has 2 heterocycles. The number of ether oxygens (including phenoxy) is 1. The van der Waals surface area contributed by atoms with E-state index in [0.717, 1.165) is 47.4 Å². The molecule has 21 heavy (non-hydrogen) atoms. The summed E-state index contributed by atoms with van der Waals surface area (Å²) in [6.45, 7) is 0.879. The van der Waals surface area contributed by atoms with Gasteiger partial charge < -0.3 is 10.1 Å². The number of nitrogens with zero attached hydrogens (tertiary/aromatic N) is 2. The van der Waals surface area contributed by atoms with Crippen molar-refractivity contribution < 1.29 is 9.53 Å². The van der Waals surface area contributed by atoms with Gasteiger partial charge in [0.2, 0.25) is 0 Å². The van der Waals surface area contributed by atoms with Gasteiger partial charge in [0.15, 0.2) is 5.69 Å². The van der Waals surface area contributed by atoms with Crippen molar-refractivity contribution in [3.05, 3.63) is 40.1 Å². The summed E-state index contributed by atoms with van der Waals surface area (Å²) >= 11 is 3.51. The van der Waals surface area contributed by atoms with Gasteiger partial charge in [-0.2, -0.15) is 5.10 Å². The molecule has 0 bridgehead atoms. The molecule has 0 radical (unpaired) electrons. The molecule has 110 valence electrons. The number of aromatic nitrogens is 2. The molecule has 0 aliphatic carbocycles. The minimum atomic E-state index is -0.200. The van der Waals surface area contributed by atoms with E-state index in [0.29, 0.717) is 5.69 Å². The molecule has 1 amide bonds. The molecule has 1 aromatic heterocycles. The Bertz CT molecular complexity index is 664. The van der Waals surface area contributed by atoms with Crippen molar-refractivity contribution in [3.8, 4) is 5.75 Å². The molecule has 6 heteroatoms. The standard InChI is InChI=1S/C15H16BrN3O2/c1-21-11-7-5-10(6-8-11)17-15(20)14-13(16)12-4-2-3-9-19(12)18-14/h5-8H,2-4,9H2,1H3,(H,17,20). The monoisotopic (exact) mass is 349 g/mol. The predicted molar refractivity (Wildman–Crippen MR) is 83.8 cm³/mol. The molecule has 5 nitrogen and oxygen atoms in total.